The fourth-order valence-corrected chi connectivity index (χ4v) is 4.81. The van der Waals surface area contributed by atoms with Crippen molar-refractivity contribution in [1.29, 1.82) is 0 Å². The zero-order valence-corrected chi connectivity index (χ0v) is 19.7. The van der Waals surface area contributed by atoms with Crippen LogP contribution in [0, 0.1) is 0 Å². The number of phenolic OH excluding ortho intramolecular Hbond substituents is 1. The van der Waals surface area contributed by atoms with Crippen LogP contribution in [0.2, 0.25) is 0 Å². The maximum Gasteiger partial charge on any atom is 0.134 e. The van der Waals surface area contributed by atoms with Crippen molar-refractivity contribution in [1.82, 2.24) is 0 Å². The molecule has 1 aromatic heterocycles. The minimum absolute atomic E-state index is 0.211. The van der Waals surface area contributed by atoms with Crippen LogP contribution in [-0.4, -0.2) is 5.11 Å². The number of phenols is 1. The average Bonchev–Trinajstić information content (AvgIpc) is 3.16. The molecule has 0 bridgehead atoms. The quantitative estimate of drug-likeness (QED) is 0.251. The van der Waals surface area contributed by atoms with Crippen LogP contribution in [0.3, 0.4) is 0 Å². The molecule has 0 aliphatic heterocycles. The summed E-state index contributed by atoms with van der Waals surface area (Å²) in [4.78, 5) is 0. The third kappa shape index (κ3) is 3.82. The molecule has 0 saturated heterocycles. The van der Waals surface area contributed by atoms with Crippen molar-refractivity contribution >= 4 is 42.8 Å². The first kappa shape index (κ1) is 20.1. The second kappa shape index (κ2) is 8.37. The molecule has 5 aromatic rings. The Labute approximate surface area is 197 Å². The maximum atomic E-state index is 9.91. The van der Waals surface area contributed by atoms with E-state index in [0.717, 1.165) is 49.9 Å². The molecule has 0 atom stereocenters. The van der Waals surface area contributed by atoms with Crippen molar-refractivity contribution in [2.45, 2.75) is 6.42 Å². The fourth-order valence-electron chi connectivity index (χ4n) is 3.90. The molecule has 0 aliphatic rings. The van der Waals surface area contributed by atoms with E-state index >= 15 is 0 Å². The van der Waals surface area contributed by atoms with E-state index < -0.39 is 0 Å². The lowest BCUT2D eigenvalue weighted by Gasteiger charge is -2.10. The summed E-state index contributed by atoms with van der Waals surface area (Å²) in [5, 5.41) is 11.0. The van der Waals surface area contributed by atoms with Gasteiger partial charge in [-0.15, -0.1) is 0 Å². The molecular formula is C27H18Br2O2. The zero-order chi connectivity index (χ0) is 21.4. The molecule has 2 nitrogen and oxygen atoms in total. The van der Waals surface area contributed by atoms with Crippen LogP contribution in [0.1, 0.15) is 11.3 Å². The Morgan fingerprint density at radius 1 is 0.677 bits per heavy atom. The first-order valence-electron chi connectivity index (χ1n) is 9.94. The largest absolute Gasteiger partial charge is 0.507 e. The summed E-state index contributed by atoms with van der Waals surface area (Å²) in [7, 11) is 0. The van der Waals surface area contributed by atoms with Crippen molar-refractivity contribution in [2.75, 3.05) is 0 Å². The molecule has 0 radical (unpaired) electrons. The topological polar surface area (TPSA) is 33.4 Å². The molecule has 1 heterocycles. The molecule has 31 heavy (non-hydrogen) atoms. The molecule has 0 fully saturated rings. The predicted octanol–water partition coefficient (Wildman–Crippen LogP) is 8.59. The lowest BCUT2D eigenvalue weighted by Crippen LogP contribution is -1.89. The summed E-state index contributed by atoms with van der Waals surface area (Å²) in [6.07, 6.45) is 0.739. The van der Waals surface area contributed by atoms with Gasteiger partial charge in [0.1, 0.15) is 17.1 Å². The number of halogens is 2. The molecular weight excluding hydrogens is 516 g/mol. The second-order valence-electron chi connectivity index (χ2n) is 7.40. The molecule has 152 valence electrons. The van der Waals surface area contributed by atoms with E-state index in [-0.39, 0.29) is 5.75 Å². The average molecular weight is 534 g/mol. The summed E-state index contributed by atoms with van der Waals surface area (Å²) in [6, 6.07) is 30.7. The lowest BCUT2D eigenvalue weighted by molar-refractivity contribution is 0.471. The van der Waals surface area contributed by atoms with Gasteiger partial charge in [-0.05, 0) is 72.3 Å². The third-order valence-electron chi connectivity index (χ3n) is 5.42. The third-order valence-corrected chi connectivity index (χ3v) is 7.58. The highest BCUT2D eigenvalue weighted by Crippen LogP contribution is 2.41. The Morgan fingerprint density at radius 3 is 2.13 bits per heavy atom. The lowest BCUT2D eigenvalue weighted by atomic mass is 9.96. The van der Waals surface area contributed by atoms with Gasteiger partial charge in [-0.2, -0.15) is 0 Å². The molecule has 0 unspecified atom stereocenters. The van der Waals surface area contributed by atoms with Gasteiger partial charge in [-0.25, -0.2) is 0 Å². The summed E-state index contributed by atoms with van der Waals surface area (Å²) in [5.74, 6) is 1.18. The van der Waals surface area contributed by atoms with E-state index in [2.05, 4.69) is 86.5 Å². The Bertz CT molecular complexity index is 1370. The standard InChI is InChI=1S/C27H18Br2O2/c28-26-20(14-15-22(30)27(26)29)18-10-12-19(13-11-18)25-21-8-4-5-9-23(21)31-24(25)16-17-6-2-1-3-7-17/h1-15,30H,16H2. The van der Waals surface area contributed by atoms with Crippen molar-refractivity contribution in [3.63, 3.8) is 0 Å². The smallest absolute Gasteiger partial charge is 0.134 e. The minimum atomic E-state index is 0.211. The molecule has 4 heteroatoms. The number of hydrogen-bond donors (Lipinski definition) is 1. The first-order valence-corrected chi connectivity index (χ1v) is 11.5. The number of aromatic hydroxyl groups is 1. The van der Waals surface area contributed by atoms with Gasteiger partial charge >= 0.3 is 0 Å². The van der Waals surface area contributed by atoms with E-state index in [1.807, 2.05) is 30.3 Å². The normalized spacial score (nSPS) is 11.2. The van der Waals surface area contributed by atoms with Gasteiger partial charge in [-0.3, -0.25) is 0 Å². The van der Waals surface area contributed by atoms with Gasteiger partial charge in [0.05, 0.1) is 4.47 Å². The molecule has 4 aromatic carbocycles. The van der Waals surface area contributed by atoms with E-state index in [4.69, 9.17) is 4.42 Å². The Kier molecular flexibility index (Phi) is 5.43. The Balaban J connectivity index is 1.59. The van der Waals surface area contributed by atoms with E-state index in [1.54, 1.807) is 6.07 Å². The molecule has 0 saturated carbocycles. The van der Waals surface area contributed by atoms with Crippen molar-refractivity contribution < 1.29 is 9.52 Å². The van der Waals surface area contributed by atoms with Crippen LogP contribution in [0.15, 0.2) is 104 Å². The summed E-state index contributed by atoms with van der Waals surface area (Å²) in [6.45, 7) is 0. The van der Waals surface area contributed by atoms with Crippen LogP contribution in [0.25, 0.3) is 33.2 Å². The highest BCUT2D eigenvalue weighted by molar-refractivity contribution is 9.13. The molecule has 0 amide bonds. The van der Waals surface area contributed by atoms with Gasteiger partial charge in [0.15, 0.2) is 0 Å². The van der Waals surface area contributed by atoms with E-state index in [0.29, 0.717) is 4.47 Å². The van der Waals surface area contributed by atoms with Crippen molar-refractivity contribution in [2.24, 2.45) is 0 Å². The maximum absolute atomic E-state index is 9.91. The number of hydrogen-bond acceptors (Lipinski definition) is 2. The predicted molar refractivity (Wildman–Crippen MR) is 133 cm³/mol. The Morgan fingerprint density at radius 2 is 1.35 bits per heavy atom. The van der Waals surface area contributed by atoms with Crippen LogP contribution < -0.4 is 0 Å². The van der Waals surface area contributed by atoms with E-state index in [1.165, 1.54) is 5.56 Å². The van der Waals surface area contributed by atoms with Gasteiger partial charge in [-0.1, -0.05) is 72.8 Å². The molecule has 0 aliphatic carbocycles. The van der Waals surface area contributed by atoms with Crippen LogP contribution in [-0.2, 0) is 6.42 Å². The zero-order valence-electron chi connectivity index (χ0n) is 16.5. The SMILES string of the molecule is Oc1ccc(-c2ccc(-c3c(Cc4ccccc4)oc4ccccc34)cc2)c(Br)c1Br. The minimum Gasteiger partial charge on any atom is -0.507 e. The van der Waals surface area contributed by atoms with Crippen molar-refractivity contribution in [3.8, 4) is 28.0 Å². The number of fused-ring (bicyclic) bond motifs is 1. The van der Waals surface area contributed by atoms with Gasteiger partial charge in [0.25, 0.3) is 0 Å². The van der Waals surface area contributed by atoms with Crippen LogP contribution >= 0.6 is 31.9 Å². The monoisotopic (exact) mass is 532 g/mol. The first-order chi connectivity index (χ1) is 15.1. The highest BCUT2D eigenvalue weighted by atomic mass is 79.9. The highest BCUT2D eigenvalue weighted by Gasteiger charge is 2.17. The number of rotatable bonds is 4. The summed E-state index contributed by atoms with van der Waals surface area (Å²) >= 11 is 7.02. The molecule has 0 spiro atoms. The van der Waals surface area contributed by atoms with Gasteiger partial charge in [0, 0.05) is 21.8 Å². The summed E-state index contributed by atoms with van der Waals surface area (Å²) < 4.78 is 7.76. The van der Waals surface area contributed by atoms with Crippen LogP contribution in [0.4, 0.5) is 0 Å². The van der Waals surface area contributed by atoms with Gasteiger partial charge in [0.2, 0.25) is 0 Å². The molecule has 5 rings (SSSR count). The number of benzene rings is 4. The van der Waals surface area contributed by atoms with Crippen molar-refractivity contribution in [3.05, 3.63) is 111 Å². The second-order valence-corrected chi connectivity index (χ2v) is 8.98. The molecule has 1 N–H and O–H groups in total. The summed E-state index contributed by atoms with van der Waals surface area (Å²) in [5.41, 5.74) is 6.45. The van der Waals surface area contributed by atoms with Gasteiger partial charge < -0.3 is 9.52 Å². The Hall–Kier alpha value is -2.82. The van der Waals surface area contributed by atoms with Crippen LogP contribution in [0.5, 0.6) is 5.75 Å². The number of para-hydroxylation sites is 1. The number of furan rings is 1. The fraction of sp³-hybridized carbons (Fsp3) is 0.0370. The van der Waals surface area contributed by atoms with E-state index in [9.17, 15) is 5.11 Å².